The van der Waals surface area contributed by atoms with Gasteiger partial charge in [-0.1, -0.05) is 0 Å². The summed E-state index contributed by atoms with van der Waals surface area (Å²) >= 11 is 0. The number of hydrogen-bond acceptors (Lipinski definition) is 4. The van der Waals surface area contributed by atoms with Gasteiger partial charge in [-0.05, 0) is 38.1 Å². The lowest BCUT2D eigenvalue weighted by Gasteiger charge is -2.07. The number of nitrogens with zero attached hydrogens (tertiary/aromatic N) is 1. The lowest BCUT2D eigenvalue weighted by molar-refractivity contribution is -0.116. The molecule has 1 aromatic heterocycles. The summed E-state index contributed by atoms with van der Waals surface area (Å²) < 4.78 is 10.6. The molecule has 1 amide bonds. The van der Waals surface area contributed by atoms with Crippen molar-refractivity contribution in [1.82, 2.24) is 10.2 Å². The number of anilines is 1. The molecule has 1 heterocycles. The van der Waals surface area contributed by atoms with Gasteiger partial charge in [0.25, 0.3) is 0 Å². The first-order valence-electron chi connectivity index (χ1n) is 6.68. The lowest BCUT2D eigenvalue weighted by atomic mass is 10.3. The molecule has 0 saturated heterocycles. The molecule has 21 heavy (non-hydrogen) atoms. The minimum absolute atomic E-state index is 0.127. The average molecular weight is 289 g/mol. The van der Waals surface area contributed by atoms with Gasteiger partial charge in [-0.25, -0.2) is 0 Å². The van der Waals surface area contributed by atoms with E-state index in [2.05, 4.69) is 15.5 Å². The number of benzene rings is 1. The number of aryl methyl sites for hydroxylation is 1. The van der Waals surface area contributed by atoms with Crippen LogP contribution in [-0.4, -0.2) is 29.8 Å². The van der Waals surface area contributed by atoms with Crippen molar-refractivity contribution in [2.24, 2.45) is 0 Å². The summed E-state index contributed by atoms with van der Waals surface area (Å²) in [4.78, 5) is 11.8. The molecular weight excluding hydrogens is 270 g/mol. The first-order valence-corrected chi connectivity index (χ1v) is 6.68. The van der Waals surface area contributed by atoms with Crippen molar-refractivity contribution in [2.75, 3.05) is 19.0 Å². The largest absolute Gasteiger partial charge is 0.497 e. The second-order valence-electron chi connectivity index (χ2n) is 4.64. The number of methoxy groups -OCH3 is 1. The Bertz CT molecular complexity index is 605. The third-order valence-electron chi connectivity index (χ3n) is 3.17. The predicted molar refractivity (Wildman–Crippen MR) is 79.8 cm³/mol. The van der Waals surface area contributed by atoms with Crippen LogP contribution in [0, 0.1) is 13.8 Å². The van der Waals surface area contributed by atoms with Crippen LogP contribution >= 0.6 is 0 Å². The van der Waals surface area contributed by atoms with Gasteiger partial charge in [0.1, 0.15) is 11.5 Å². The van der Waals surface area contributed by atoms with E-state index in [0.29, 0.717) is 18.2 Å². The van der Waals surface area contributed by atoms with Crippen LogP contribution in [0.3, 0.4) is 0 Å². The first kappa shape index (κ1) is 14.9. The second kappa shape index (κ2) is 6.78. The summed E-state index contributed by atoms with van der Waals surface area (Å²) in [6.45, 7) is 4.12. The molecule has 0 aliphatic carbocycles. The number of H-pyrrole nitrogens is 1. The highest BCUT2D eigenvalue weighted by atomic mass is 16.5. The molecule has 0 fully saturated rings. The van der Waals surface area contributed by atoms with Crippen LogP contribution in [0.25, 0.3) is 0 Å². The van der Waals surface area contributed by atoms with Crippen molar-refractivity contribution >= 4 is 11.7 Å². The molecule has 2 rings (SSSR count). The summed E-state index contributed by atoms with van der Waals surface area (Å²) in [5.74, 6) is 1.92. The number of ether oxygens (including phenoxy) is 2. The van der Waals surface area contributed by atoms with Gasteiger partial charge in [0.15, 0.2) is 5.82 Å². The zero-order valence-corrected chi connectivity index (χ0v) is 12.4. The molecule has 112 valence electrons. The molecule has 0 atom stereocenters. The maximum absolute atomic E-state index is 11.8. The number of aromatic nitrogens is 2. The van der Waals surface area contributed by atoms with E-state index in [0.717, 1.165) is 17.0 Å². The Labute approximate surface area is 123 Å². The highest BCUT2D eigenvalue weighted by Crippen LogP contribution is 2.17. The highest BCUT2D eigenvalue weighted by Gasteiger charge is 2.09. The fourth-order valence-electron chi connectivity index (χ4n) is 1.73. The molecule has 6 nitrogen and oxygen atoms in total. The van der Waals surface area contributed by atoms with E-state index in [9.17, 15) is 4.79 Å². The quantitative estimate of drug-likeness (QED) is 0.856. The summed E-state index contributed by atoms with van der Waals surface area (Å²) in [7, 11) is 1.61. The SMILES string of the molecule is COc1ccc(OCCC(=O)Nc2n[nH]c(C)c2C)cc1. The van der Waals surface area contributed by atoms with Crippen molar-refractivity contribution in [3.8, 4) is 11.5 Å². The Morgan fingerprint density at radius 3 is 2.48 bits per heavy atom. The molecule has 2 aromatic rings. The molecular formula is C15H19N3O3. The van der Waals surface area contributed by atoms with Gasteiger partial charge in [-0.15, -0.1) is 0 Å². The number of rotatable bonds is 6. The van der Waals surface area contributed by atoms with Crippen LogP contribution in [-0.2, 0) is 4.79 Å². The number of amides is 1. The Balaban J connectivity index is 1.77. The highest BCUT2D eigenvalue weighted by molar-refractivity contribution is 5.90. The molecule has 0 unspecified atom stereocenters. The van der Waals surface area contributed by atoms with Crippen LogP contribution < -0.4 is 14.8 Å². The molecule has 0 spiro atoms. The van der Waals surface area contributed by atoms with E-state index >= 15 is 0 Å². The van der Waals surface area contributed by atoms with Gasteiger partial charge < -0.3 is 14.8 Å². The molecule has 1 aromatic carbocycles. The normalized spacial score (nSPS) is 10.2. The first-order chi connectivity index (χ1) is 10.1. The molecule has 2 N–H and O–H groups in total. The number of carbonyl (C=O) groups excluding carboxylic acids is 1. The fraction of sp³-hybridized carbons (Fsp3) is 0.333. The van der Waals surface area contributed by atoms with Crippen LogP contribution in [0.5, 0.6) is 11.5 Å². The van der Waals surface area contributed by atoms with E-state index in [1.54, 1.807) is 19.2 Å². The summed E-state index contributed by atoms with van der Waals surface area (Å²) in [5.41, 5.74) is 1.89. The number of nitrogens with one attached hydrogen (secondary N) is 2. The zero-order valence-electron chi connectivity index (χ0n) is 12.4. The van der Waals surface area contributed by atoms with Gasteiger partial charge in [-0.3, -0.25) is 9.89 Å². The molecule has 0 bridgehead atoms. The molecule has 0 aliphatic heterocycles. The third-order valence-corrected chi connectivity index (χ3v) is 3.17. The number of aromatic amines is 1. The van der Waals surface area contributed by atoms with Crippen molar-refractivity contribution in [2.45, 2.75) is 20.3 Å². The molecule has 0 saturated carbocycles. The Morgan fingerprint density at radius 1 is 1.24 bits per heavy atom. The van der Waals surface area contributed by atoms with Crippen LogP contribution in [0.4, 0.5) is 5.82 Å². The topological polar surface area (TPSA) is 76.2 Å². The number of hydrogen-bond donors (Lipinski definition) is 2. The predicted octanol–water partition coefficient (Wildman–Crippen LogP) is 2.44. The lowest BCUT2D eigenvalue weighted by Crippen LogP contribution is -2.16. The van der Waals surface area contributed by atoms with Crippen molar-refractivity contribution in [3.05, 3.63) is 35.5 Å². The smallest absolute Gasteiger partial charge is 0.229 e. The Morgan fingerprint density at radius 2 is 1.90 bits per heavy atom. The monoisotopic (exact) mass is 289 g/mol. The van der Waals surface area contributed by atoms with E-state index < -0.39 is 0 Å². The van der Waals surface area contributed by atoms with Gasteiger partial charge in [0.2, 0.25) is 5.91 Å². The van der Waals surface area contributed by atoms with E-state index in [-0.39, 0.29) is 12.3 Å². The Kier molecular flexibility index (Phi) is 4.81. The van der Waals surface area contributed by atoms with Crippen LogP contribution in [0.1, 0.15) is 17.7 Å². The maximum atomic E-state index is 11.8. The third kappa shape index (κ3) is 3.98. The van der Waals surface area contributed by atoms with Crippen LogP contribution in [0.2, 0.25) is 0 Å². The molecule has 6 heteroatoms. The van der Waals surface area contributed by atoms with Crippen LogP contribution in [0.15, 0.2) is 24.3 Å². The second-order valence-corrected chi connectivity index (χ2v) is 4.64. The fourth-order valence-corrected chi connectivity index (χ4v) is 1.73. The van der Waals surface area contributed by atoms with E-state index in [1.165, 1.54) is 0 Å². The minimum Gasteiger partial charge on any atom is -0.497 e. The van der Waals surface area contributed by atoms with Gasteiger partial charge in [0, 0.05) is 11.3 Å². The van der Waals surface area contributed by atoms with Crippen molar-refractivity contribution in [3.63, 3.8) is 0 Å². The van der Waals surface area contributed by atoms with E-state index in [4.69, 9.17) is 9.47 Å². The maximum Gasteiger partial charge on any atom is 0.229 e. The standard InChI is InChI=1S/C15H19N3O3/c1-10-11(2)17-18-15(10)16-14(19)8-9-21-13-6-4-12(20-3)5-7-13/h4-7H,8-9H2,1-3H3,(H2,16,17,18,19). The molecule has 0 aliphatic rings. The van der Waals surface area contributed by atoms with Gasteiger partial charge >= 0.3 is 0 Å². The summed E-state index contributed by atoms with van der Waals surface area (Å²) in [6.07, 6.45) is 0.261. The van der Waals surface area contributed by atoms with Crippen molar-refractivity contribution < 1.29 is 14.3 Å². The molecule has 0 radical (unpaired) electrons. The van der Waals surface area contributed by atoms with Gasteiger partial charge in [-0.2, -0.15) is 5.10 Å². The minimum atomic E-state index is -0.127. The number of carbonyl (C=O) groups is 1. The zero-order chi connectivity index (χ0) is 15.2. The summed E-state index contributed by atoms with van der Waals surface area (Å²) in [6, 6.07) is 7.23. The summed E-state index contributed by atoms with van der Waals surface area (Å²) in [5, 5.41) is 9.61. The van der Waals surface area contributed by atoms with E-state index in [1.807, 2.05) is 26.0 Å². The van der Waals surface area contributed by atoms with Gasteiger partial charge in [0.05, 0.1) is 20.1 Å². The average Bonchev–Trinajstić information content (AvgIpc) is 2.80. The van der Waals surface area contributed by atoms with Crippen molar-refractivity contribution in [1.29, 1.82) is 0 Å². The Hall–Kier alpha value is -2.50.